The van der Waals surface area contributed by atoms with Crippen molar-refractivity contribution in [2.24, 2.45) is 0 Å². The van der Waals surface area contributed by atoms with Crippen molar-refractivity contribution in [2.75, 3.05) is 26.3 Å². The second-order valence-corrected chi connectivity index (χ2v) is 7.03. The molecule has 120 valence electrons. The van der Waals surface area contributed by atoms with E-state index in [0.717, 1.165) is 52.0 Å². The fourth-order valence-electron chi connectivity index (χ4n) is 3.06. The Kier molecular flexibility index (Phi) is 5.65. The summed E-state index contributed by atoms with van der Waals surface area (Å²) in [6.07, 6.45) is 6.39. The van der Waals surface area contributed by atoms with Crippen LogP contribution in [0.3, 0.4) is 0 Å². The SMILES string of the molecule is ClC1CC=C(NC2CC(Cl)NC(N3CCOCC3)N2)CC1. The minimum atomic E-state index is -0.0263. The number of allylic oxidation sites excluding steroid dienone is 2. The van der Waals surface area contributed by atoms with Gasteiger partial charge < -0.3 is 10.1 Å². The van der Waals surface area contributed by atoms with E-state index in [1.807, 2.05) is 0 Å². The van der Waals surface area contributed by atoms with Crippen LogP contribution < -0.4 is 16.0 Å². The van der Waals surface area contributed by atoms with Crippen molar-refractivity contribution in [3.8, 4) is 0 Å². The first-order valence-electron chi connectivity index (χ1n) is 7.78. The van der Waals surface area contributed by atoms with Crippen LogP contribution >= 0.6 is 23.2 Å². The number of hydrogen-bond donors (Lipinski definition) is 3. The first-order valence-corrected chi connectivity index (χ1v) is 8.65. The Hall–Kier alpha value is -0.0400. The molecular formula is C14H24Cl2N4O. The predicted molar refractivity (Wildman–Crippen MR) is 85.2 cm³/mol. The van der Waals surface area contributed by atoms with Gasteiger partial charge in [0.2, 0.25) is 0 Å². The van der Waals surface area contributed by atoms with Crippen LogP contribution in [0.1, 0.15) is 25.7 Å². The van der Waals surface area contributed by atoms with Crippen LogP contribution in [0.15, 0.2) is 11.8 Å². The van der Waals surface area contributed by atoms with Crippen LogP contribution in [0.2, 0.25) is 0 Å². The third kappa shape index (κ3) is 4.47. The zero-order chi connectivity index (χ0) is 14.7. The number of nitrogens with zero attached hydrogens (tertiary/aromatic N) is 1. The molecule has 0 radical (unpaired) electrons. The number of morpholine rings is 1. The monoisotopic (exact) mass is 334 g/mol. The predicted octanol–water partition coefficient (Wildman–Crippen LogP) is 1.34. The maximum atomic E-state index is 6.38. The summed E-state index contributed by atoms with van der Waals surface area (Å²) in [6.45, 7) is 3.43. The molecule has 2 fully saturated rings. The quantitative estimate of drug-likeness (QED) is 0.537. The van der Waals surface area contributed by atoms with E-state index in [4.69, 9.17) is 27.9 Å². The van der Waals surface area contributed by atoms with Crippen molar-refractivity contribution >= 4 is 23.2 Å². The lowest BCUT2D eigenvalue weighted by molar-refractivity contribution is -0.0134. The molecule has 0 aromatic carbocycles. The highest BCUT2D eigenvalue weighted by Crippen LogP contribution is 2.22. The van der Waals surface area contributed by atoms with E-state index < -0.39 is 0 Å². The molecule has 4 unspecified atom stereocenters. The maximum Gasteiger partial charge on any atom is 0.117 e. The fraction of sp³-hybridized carbons (Fsp3) is 0.857. The van der Waals surface area contributed by atoms with Gasteiger partial charge in [0, 0.05) is 30.6 Å². The van der Waals surface area contributed by atoms with Crippen molar-refractivity contribution < 1.29 is 4.74 Å². The topological polar surface area (TPSA) is 48.6 Å². The minimum absolute atomic E-state index is 0.0263. The Balaban J connectivity index is 1.55. The number of rotatable bonds is 3. The molecule has 0 bridgehead atoms. The van der Waals surface area contributed by atoms with E-state index in [9.17, 15) is 0 Å². The third-order valence-electron chi connectivity index (χ3n) is 4.26. The van der Waals surface area contributed by atoms with Gasteiger partial charge in [0.25, 0.3) is 0 Å². The highest BCUT2D eigenvalue weighted by molar-refractivity contribution is 6.20. The van der Waals surface area contributed by atoms with Crippen LogP contribution in [-0.4, -0.2) is 54.5 Å². The van der Waals surface area contributed by atoms with Crippen molar-refractivity contribution in [3.05, 3.63) is 11.8 Å². The molecule has 2 heterocycles. The summed E-state index contributed by atoms with van der Waals surface area (Å²) in [5, 5.41) is 10.9. The van der Waals surface area contributed by atoms with Gasteiger partial charge in [0.1, 0.15) is 6.29 Å². The lowest BCUT2D eigenvalue weighted by Crippen LogP contribution is -2.68. The molecule has 0 aromatic heterocycles. The molecule has 0 amide bonds. The highest BCUT2D eigenvalue weighted by atomic mass is 35.5. The lowest BCUT2D eigenvalue weighted by Gasteiger charge is -2.43. The molecule has 0 spiro atoms. The molecule has 2 aliphatic heterocycles. The second-order valence-electron chi connectivity index (χ2n) is 5.89. The molecule has 7 heteroatoms. The molecule has 3 aliphatic rings. The molecule has 3 N–H and O–H groups in total. The second kappa shape index (κ2) is 7.49. The van der Waals surface area contributed by atoms with Gasteiger partial charge in [-0.15, -0.1) is 23.2 Å². The smallest absolute Gasteiger partial charge is 0.117 e. The van der Waals surface area contributed by atoms with E-state index in [-0.39, 0.29) is 18.0 Å². The molecular weight excluding hydrogens is 311 g/mol. The van der Waals surface area contributed by atoms with Crippen molar-refractivity contribution in [1.82, 2.24) is 20.9 Å². The zero-order valence-electron chi connectivity index (χ0n) is 12.2. The molecule has 4 atom stereocenters. The largest absolute Gasteiger partial charge is 0.379 e. The molecule has 0 saturated carbocycles. The third-order valence-corrected chi connectivity index (χ3v) is 4.96. The van der Waals surface area contributed by atoms with Crippen LogP contribution in [-0.2, 0) is 4.74 Å². The minimum Gasteiger partial charge on any atom is -0.379 e. The van der Waals surface area contributed by atoms with E-state index in [1.54, 1.807) is 0 Å². The number of nitrogens with one attached hydrogen (secondary N) is 3. The van der Waals surface area contributed by atoms with E-state index >= 15 is 0 Å². The van der Waals surface area contributed by atoms with Crippen LogP contribution in [0, 0.1) is 0 Å². The molecule has 5 nitrogen and oxygen atoms in total. The first-order chi connectivity index (χ1) is 10.2. The average Bonchev–Trinajstić information content (AvgIpc) is 2.50. The summed E-state index contributed by atoms with van der Waals surface area (Å²) < 4.78 is 5.41. The highest BCUT2D eigenvalue weighted by Gasteiger charge is 2.31. The molecule has 2 saturated heterocycles. The fourth-order valence-corrected chi connectivity index (χ4v) is 3.55. The van der Waals surface area contributed by atoms with Gasteiger partial charge in [-0.05, 0) is 19.3 Å². The maximum absolute atomic E-state index is 6.38. The van der Waals surface area contributed by atoms with Crippen molar-refractivity contribution in [3.63, 3.8) is 0 Å². The van der Waals surface area contributed by atoms with Crippen molar-refractivity contribution in [1.29, 1.82) is 0 Å². The van der Waals surface area contributed by atoms with Crippen LogP contribution in [0.5, 0.6) is 0 Å². The first kappa shape index (κ1) is 15.8. The number of hydrogen-bond acceptors (Lipinski definition) is 5. The summed E-state index contributed by atoms with van der Waals surface area (Å²) >= 11 is 12.5. The summed E-state index contributed by atoms with van der Waals surface area (Å²) in [5.41, 5.74) is 1.26. The Morgan fingerprint density at radius 1 is 1.24 bits per heavy atom. The number of alkyl halides is 2. The zero-order valence-corrected chi connectivity index (χ0v) is 13.7. The Labute approximate surface area is 136 Å². The Morgan fingerprint density at radius 2 is 2.05 bits per heavy atom. The summed E-state index contributed by atoms with van der Waals surface area (Å²) in [6, 6.07) is 0. The van der Waals surface area contributed by atoms with Gasteiger partial charge in [-0.25, -0.2) is 0 Å². The lowest BCUT2D eigenvalue weighted by atomic mass is 10.0. The van der Waals surface area contributed by atoms with Crippen LogP contribution in [0.25, 0.3) is 0 Å². The number of ether oxygens (including phenoxy) is 1. The normalized spacial score (nSPS) is 38.9. The van der Waals surface area contributed by atoms with Crippen molar-refractivity contribution in [2.45, 2.75) is 49.0 Å². The average molecular weight is 335 g/mol. The van der Waals surface area contributed by atoms with E-state index in [0.29, 0.717) is 5.38 Å². The summed E-state index contributed by atoms with van der Waals surface area (Å²) in [5.74, 6) is 0. The van der Waals surface area contributed by atoms with E-state index in [2.05, 4.69) is 26.9 Å². The summed E-state index contributed by atoms with van der Waals surface area (Å²) in [7, 11) is 0. The van der Waals surface area contributed by atoms with Gasteiger partial charge >= 0.3 is 0 Å². The molecule has 3 rings (SSSR count). The molecule has 21 heavy (non-hydrogen) atoms. The van der Waals surface area contributed by atoms with E-state index in [1.165, 1.54) is 5.70 Å². The van der Waals surface area contributed by atoms with Gasteiger partial charge in [-0.3, -0.25) is 15.5 Å². The molecule has 1 aliphatic carbocycles. The van der Waals surface area contributed by atoms with Gasteiger partial charge in [0.05, 0.1) is 24.9 Å². The van der Waals surface area contributed by atoms with Gasteiger partial charge in [-0.1, -0.05) is 6.08 Å². The Morgan fingerprint density at radius 3 is 2.76 bits per heavy atom. The van der Waals surface area contributed by atoms with Crippen LogP contribution in [0.4, 0.5) is 0 Å². The Bertz CT molecular complexity index is 376. The summed E-state index contributed by atoms with van der Waals surface area (Å²) in [4.78, 5) is 2.34. The standard InChI is InChI=1S/C14H24Cl2N4O/c15-10-1-3-11(4-2-10)17-13-9-12(16)18-14(19-13)20-5-7-21-8-6-20/h3,10,12-14,17-19H,1-2,4-9H2. The van der Waals surface area contributed by atoms with Gasteiger partial charge in [0.15, 0.2) is 0 Å². The molecule has 0 aromatic rings. The number of halogens is 2. The van der Waals surface area contributed by atoms with Gasteiger partial charge in [-0.2, -0.15) is 0 Å².